The molecule has 2 aliphatic heterocycles. The van der Waals surface area contributed by atoms with Gasteiger partial charge in [-0.25, -0.2) is 9.18 Å². The van der Waals surface area contributed by atoms with Crippen LogP contribution in [0.25, 0.3) is 0 Å². The minimum absolute atomic E-state index is 0.0945. The number of aromatic amines is 1. The van der Waals surface area contributed by atoms with Gasteiger partial charge in [0, 0.05) is 11.8 Å². The highest BCUT2D eigenvalue weighted by molar-refractivity contribution is 7.71. The van der Waals surface area contributed by atoms with E-state index in [0.29, 0.717) is 34.4 Å². The van der Waals surface area contributed by atoms with Crippen LogP contribution >= 0.6 is 20.8 Å². The molecule has 4 unspecified atom stereocenters. The van der Waals surface area contributed by atoms with Gasteiger partial charge in [0.1, 0.15) is 28.5 Å². The first kappa shape index (κ1) is 30.9. The van der Waals surface area contributed by atoms with Gasteiger partial charge in [-0.3, -0.25) is 18.6 Å². The summed E-state index contributed by atoms with van der Waals surface area (Å²) in [5.41, 5.74) is -1.79. The summed E-state index contributed by atoms with van der Waals surface area (Å²) in [7, 11) is 3.92. The third-order valence-electron chi connectivity index (χ3n) is 6.25. The van der Waals surface area contributed by atoms with Crippen molar-refractivity contribution >= 4 is 28.7 Å². The largest absolute Gasteiger partial charge is 0.426 e. The molecular formula is C26H37BFN2O6PS. The van der Waals surface area contributed by atoms with Crippen molar-refractivity contribution in [2.75, 3.05) is 0 Å². The van der Waals surface area contributed by atoms with Crippen LogP contribution in [-0.4, -0.2) is 34.3 Å². The molecule has 2 aliphatic rings. The molecule has 1 saturated heterocycles. The zero-order chi connectivity index (χ0) is 28.6. The summed E-state index contributed by atoms with van der Waals surface area (Å²) in [5, 5.41) is 10.9. The molecule has 208 valence electrons. The fraction of sp³-hybridized carbons (Fsp3) is 0.615. The van der Waals surface area contributed by atoms with Crippen LogP contribution in [0.15, 0.2) is 23.1 Å². The molecule has 0 aliphatic carbocycles. The van der Waals surface area contributed by atoms with E-state index in [4.69, 9.17) is 38.4 Å². The molecule has 0 bridgehead atoms. The molecule has 0 amide bonds. The third kappa shape index (κ3) is 6.57. The molecule has 12 heteroatoms. The van der Waals surface area contributed by atoms with Gasteiger partial charge >= 0.3 is 14.3 Å². The van der Waals surface area contributed by atoms with Crippen LogP contribution in [0, 0.1) is 10.5 Å². The van der Waals surface area contributed by atoms with Gasteiger partial charge in [-0.05, 0) is 41.4 Å². The predicted molar refractivity (Wildman–Crippen MR) is 148 cm³/mol. The summed E-state index contributed by atoms with van der Waals surface area (Å²) in [5.74, 6) is -0.0325. The SMILES string of the molecule is CC.[B]C(O)(OP1OCc2c(F)c(C(C)(C)C)cc(C(C)(C)C)c2O1)C1CCC(n2ccc(=S)[nH]c2=O)O1. The molecule has 2 radical (unpaired) electrons. The number of nitrogens with one attached hydrogen (secondary N) is 1. The van der Waals surface area contributed by atoms with Crippen LogP contribution in [0.3, 0.4) is 0 Å². The number of nitrogens with zero attached hydrogens (tertiary/aromatic N) is 1. The van der Waals surface area contributed by atoms with Gasteiger partial charge in [0.15, 0.2) is 13.5 Å². The predicted octanol–water partition coefficient (Wildman–Crippen LogP) is 6.01. The molecular weight excluding hydrogens is 529 g/mol. The fourth-order valence-electron chi connectivity index (χ4n) is 4.26. The zero-order valence-electron chi connectivity index (χ0n) is 23.3. The van der Waals surface area contributed by atoms with Gasteiger partial charge in [0.25, 0.3) is 0 Å². The van der Waals surface area contributed by atoms with E-state index in [-0.39, 0.29) is 17.8 Å². The van der Waals surface area contributed by atoms with Crippen LogP contribution in [0.5, 0.6) is 5.75 Å². The molecule has 2 N–H and O–H groups in total. The Labute approximate surface area is 231 Å². The summed E-state index contributed by atoms with van der Waals surface area (Å²) >= 11 is 4.96. The van der Waals surface area contributed by atoms with Gasteiger partial charge in [-0.2, -0.15) is 0 Å². The fourth-order valence-corrected chi connectivity index (χ4v) is 5.50. The maximum absolute atomic E-state index is 15.5. The van der Waals surface area contributed by atoms with Gasteiger partial charge < -0.3 is 14.4 Å². The molecule has 1 aromatic carbocycles. The maximum atomic E-state index is 15.5. The normalized spacial score (nSPS) is 23.1. The molecule has 1 aromatic heterocycles. The lowest BCUT2D eigenvalue weighted by Crippen LogP contribution is -2.45. The monoisotopic (exact) mass is 566 g/mol. The van der Waals surface area contributed by atoms with Gasteiger partial charge in [0.05, 0.1) is 12.2 Å². The summed E-state index contributed by atoms with van der Waals surface area (Å²) < 4.78 is 40.3. The minimum Gasteiger partial charge on any atom is -0.426 e. The Morgan fingerprint density at radius 1 is 1.18 bits per heavy atom. The number of fused-ring (bicyclic) bond motifs is 1. The van der Waals surface area contributed by atoms with Gasteiger partial charge in [-0.15, -0.1) is 0 Å². The summed E-state index contributed by atoms with van der Waals surface area (Å²) in [6.45, 7) is 15.8. The minimum atomic E-state index is -2.27. The van der Waals surface area contributed by atoms with Gasteiger partial charge in [-0.1, -0.05) is 67.6 Å². The van der Waals surface area contributed by atoms with Crippen molar-refractivity contribution in [3.05, 3.63) is 56.0 Å². The molecule has 2 aromatic rings. The Kier molecular flexibility index (Phi) is 9.34. The van der Waals surface area contributed by atoms with E-state index < -0.39 is 37.7 Å². The topological polar surface area (TPSA) is 94.9 Å². The van der Waals surface area contributed by atoms with E-state index in [1.54, 1.807) is 6.07 Å². The third-order valence-corrected chi connectivity index (χ3v) is 7.60. The number of halogens is 1. The first-order valence-corrected chi connectivity index (χ1v) is 14.2. The number of ether oxygens (including phenoxy) is 1. The summed E-state index contributed by atoms with van der Waals surface area (Å²) in [6, 6.07) is 3.40. The lowest BCUT2D eigenvalue weighted by Gasteiger charge is -2.37. The van der Waals surface area contributed by atoms with Crippen molar-refractivity contribution in [2.24, 2.45) is 0 Å². The average Bonchev–Trinajstić information content (AvgIpc) is 3.30. The Balaban J connectivity index is 0.00000195. The molecule has 4 rings (SSSR count). The second-order valence-electron chi connectivity index (χ2n) is 11.2. The van der Waals surface area contributed by atoms with Crippen molar-refractivity contribution in [3.8, 4) is 5.75 Å². The van der Waals surface area contributed by atoms with Crippen LogP contribution in [0.4, 0.5) is 4.39 Å². The summed E-state index contributed by atoms with van der Waals surface area (Å²) in [6.07, 6.45) is 0.627. The Morgan fingerprint density at radius 2 is 1.82 bits per heavy atom. The van der Waals surface area contributed by atoms with Crippen molar-refractivity contribution in [1.29, 1.82) is 0 Å². The molecule has 0 saturated carbocycles. The highest BCUT2D eigenvalue weighted by Crippen LogP contribution is 2.54. The molecule has 4 atom stereocenters. The molecule has 38 heavy (non-hydrogen) atoms. The van der Waals surface area contributed by atoms with E-state index in [2.05, 4.69) is 4.98 Å². The number of benzene rings is 1. The van der Waals surface area contributed by atoms with E-state index in [9.17, 15) is 9.90 Å². The maximum Gasteiger partial charge on any atom is 0.399 e. The van der Waals surface area contributed by atoms with Crippen LogP contribution in [-0.2, 0) is 31.2 Å². The first-order chi connectivity index (χ1) is 17.6. The number of aromatic nitrogens is 2. The number of H-pyrrole nitrogens is 1. The number of rotatable bonds is 4. The molecule has 1 fully saturated rings. The standard InChI is InChI=1S/C24H31BFN2O6PS.C2H6/c1-22(2,3)14-11-15(23(4,5)6)20-13(19(14)26)12-31-35(33-20)34-24(25,30)16-7-8-18(32-16)28-10-9-17(36)27-21(28)29;1-2/h9-11,16,18,30H,7-8,12H2,1-6H3,(H,27,29,36);1-2H3. The smallest absolute Gasteiger partial charge is 0.399 e. The van der Waals surface area contributed by atoms with Gasteiger partial charge in [0.2, 0.25) is 0 Å². The second kappa shape index (κ2) is 11.5. The lowest BCUT2D eigenvalue weighted by molar-refractivity contribution is -0.172. The van der Waals surface area contributed by atoms with Crippen LogP contribution in [0.2, 0.25) is 0 Å². The van der Waals surface area contributed by atoms with Crippen LogP contribution < -0.4 is 10.2 Å². The van der Waals surface area contributed by atoms with Crippen molar-refractivity contribution in [3.63, 3.8) is 0 Å². The first-order valence-electron chi connectivity index (χ1n) is 12.7. The Morgan fingerprint density at radius 3 is 2.39 bits per heavy atom. The van der Waals surface area contributed by atoms with Crippen molar-refractivity contribution in [1.82, 2.24) is 9.55 Å². The number of hydrogen-bond acceptors (Lipinski definition) is 7. The van der Waals surface area contributed by atoms with Crippen molar-refractivity contribution < 1.29 is 27.8 Å². The number of hydrogen-bond donors (Lipinski definition) is 2. The van der Waals surface area contributed by atoms with E-state index in [1.807, 2.05) is 61.5 Å². The molecule has 0 spiro atoms. The Bertz CT molecular complexity index is 1270. The zero-order valence-corrected chi connectivity index (χ0v) is 25.0. The molecule has 3 heterocycles. The van der Waals surface area contributed by atoms with Crippen molar-refractivity contribution in [2.45, 2.75) is 104 Å². The van der Waals surface area contributed by atoms with E-state index in [1.165, 1.54) is 10.8 Å². The lowest BCUT2D eigenvalue weighted by atomic mass is 9.78. The highest BCUT2D eigenvalue weighted by Gasteiger charge is 2.45. The van der Waals surface area contributed by atoms with E-state index in [0.717, 1.165) is 5.56 Å². The molecule has 8 nitrogen and oxygen atoms in total. The average molecular weight is 566 g/mol. The van der Waals surface area contributed by atoms with E-state index >= 15 is 4.39 Å². The quantitative estimate of drug-likeness (QED) is 0.203. The van der Waals surface area contributed by atoms with Crippen LogP contribution in [0.1, 0.15) is 91.1 Å². The highest BCUT2D eigenvalue weighted by atomic mass is 32.1. The second-order valence-corrected chi connectivity index (χ2v) is 12.7. The number of aliphatic hydroxyl groups is 1. The summed E-state index contributed by atoms with van der Waals surface area (Å²) in [4.78, 5) is 14.7. The Hall–Kier alpha value is -1.62.